The van der Waals surface area contributed by atoms with Crippen molar-refractivity contribution in [2.75, 3.05) is 13.1 Å². The number of rotatable bonds is 2. The molecular formula is C13H20N4O. The van der Waals surface area contributed by atoms with Crippen molar-refractivity contribution >= 4 is 5.91 Å². The normalized spacial score (nSPS) is 28.8. The van der Waals surface area contributed by atoms with E-state index in [2.05, 4.69) is 26.5 Å². The van der Waals surface area contributed by atoms with E-state index in [1.807, 2.05) is 6.92 Å². The summed E-state index contributed by atoms with van der Waals surface area (Å²) in [4.78, 5) is 14.6. The molecule has 1 aromatic rings. The highest BCUT2D eigenvalue weighted by Crippen LogP contribution is 2.36. The Labute approximate surface area is 107 Å². The van der Waals surface area contributed by atoms with Crippen LogP contribution in [0.1, 0.15) is 37.1 Å². The van der Waals surface area contributed by atoms with Gasteiger partial charge in [0.25, 0.3) is 0 Å². The summed E-state index contributed by atoms with van der Waals surface area (Å²) < 4.78 is 0. The van der Waals surface area contributed by atoms with E-state index in [9.17, 15) is 4.79 Å². The molecule has 5 nitrogen and oxygen atoms in total. The standard InChI is InChI=1S/C13H20N4O/c1-10-8-11(16-15-10)9-17-7-3-5-13(17)4-2-6-14-12(13)18/h8H,2-7,9H2,1H3,(H,14,18)(H,15,16). The zero-order chi connectivity index (χ0) is 12.6. The van der Waals surface area contributed by atoms with Gasteiger partial charge in [-0.3, -0.25) is 14.8 Å². The van der Waals surface area contributed by atoms with Crippen molar-refractivity contribution in [2.45, 2.75) is 44.7 Å². The lowest BCUT2D eigenvalue weighted by molar-refractivity contribution is -0.134. The molecule has 0 saturated carbocycles. The number of carbonyl (C=O) groups is 1. The molecule has 0 radical (unpaired) electrons. The fourth-order valence-electron chi connectivity index (χ4n) is 3.32. The Morgan fingerprint density at radius 3 is 3.00 bits per heavy atom. The zero-order valence-electron chi connectivity index (χ0n) is 10.8. The second-order valence-electron chi connectivity index (χ2n) is 5.46. The summed E-state index contributed by atoms with van der Waals surface area (Å²) in [5.74, 6) is 0.221. The topological polar surface area (TPSA) is 61.0 Å². The van der Waals surface area contributed by atoms with E-state index in [1.54, 1.807) is 0 Å². The highest BCUT2D eigenvalue weighted by atomic mass is 16.2. The summed E-state index contributed by atoms with van der Waals surface area (Å²) in [6.45, 7) is 4.61. The Morgan fingerprint density at radius 2 is 2.28 bits per heavy atom. The molecule has 2 saturated heterocycles. The lowest BCUT2D eigenvalue weighted by Crippen LogP contribution is -2.58. The van der Waals surface area contributed by atoms with Gasteiger partial charge in [-0.15, -0.1) is 0 Å². The fraction of sp³-hybridized carbons (Fsp3) is 0.692. The number of nitrogens with one attached hydrogen (secondary N) is 2. The molecule has 3 heterocycles. The van der Waals surface area contributed by atoms with Crippen LogP contribution < -0.4 is 5.32 Å². The van der Waals surface area contributed by atoms with Crippen molar-refractivity contribution in [1.29, 1.82) is 0 Å². The number of H-pyrrole nitrogens is 1. The third-order valence-electron chi connectivity index (χ3n) is 4.21. The Bertz CT molecular complexity index is 456. The zero-order valence-corrected chi connectivity index (χ0v) is 10.8. The number of likely N-dealkylation sites (tertiary alicyclic amines) is 1. The molecule has 2 aliphatic rings. The summed E-state index contributed by atoms with van der Waals surface area (Å²) in [5, 5.41) is 10.3. The van der Waals surface area contributed by atoms with Gasteiger partial charge in [-0.2, -0.15) is 5.10 Å². The van der Waals surface area contributed by atoms with Crippen LogP contribution in [0.2, 0.25) is 0 Å². The maximum Gasteiger partial charge on any atom is 0.240 e. The van der Waals surface area contributed by atoms with Gasteiger partial charge in [0.1, 0.15) is 5.54 Å². The molecule has 18 heavy (non-hydrogen) atoms. The molecule has 5 heteroatoms. The van der Waals surface area contributed by atoms with Crippen LogP contribution in [-0.4, -0.2) is 39.6 Å². The Morgan fingerprint density at radius 1 is 1.44 bits per heavy atom. The molecule has 0 bridgehead atoms. The van der Waals surface area contributed by atoms with Crippen molar-refractivity contribution in [1.82, 2.24) is 20.4 Å². The quantitative estimate of drug-likeness (QED) is 0.819. The molecule has 3 rings (SSSR count). The van der Waals surface area contributed by atoms with Gasteiger partial charge in [0.15, 0.2) is 0 Å². The predicted octanol–water partition coefficient (Wildman–Crippen LogP) is 0.963. The van der Waals surface area contributed by atoms with Crippen molar-refractivity contribution in [3.05, 3.63) is 17.5 Å². The van der Waals surface area contributed by atoms with Crippen LogP contribution in [0.4, 0.5) is 0 Å². The van der Waals surface area contributed by atoms with Crippen LogP contribution >= 0.6 is 0 Å². The van der Waals surface area contributed by atoms with Gasteiger partial charge in [0, 0.05) is 18.8 Å². The Balaban J connectivity index is 1.80. The molecule has 1 atom stereocenters. The minimum absolute atomic E-state index is 0.221. The highest BCUT2D eigenvalue weighted by molar-refractivity contribution is 5.87. The largest absolute Gasteiger partial charge is 0.354 e. The number of hydrogen-bond donors (Lipinski definition) is 2. The highest BCUT2D eigenvalue weighted by Gasteiger charge is 2.48. The number of hydrogen-bond acceptors (Lipinski definition) is 3. The smallest absolute Gasteiger partial charge is 0.240 e. The first-order valence-corrected chi connectivity index (χ1v) is 6.75. The number of amides is 1. The van der Waals surface area contributed by atoms with Crippen LogP contribution in [0, 0.1) is 6.92 Å². The summed E-state index contributed by atoms with van der Waals surface area (Å²) in [7, 11) is 0. The molecule has 1 amide bonds. The van der Waals surface area contributed by atoms with Gasteiger partial charge >= 0.3 is 0 Å². The van der Waals surface area contributed by atoms with E-state index in [0.29, 0.717) is 0 Å². The average Bonchev–Trinajstić information content (AvgIpc) is 2.93. The van der Waals surface area contributed by atoms with Crippen LogP contribution in [0.15, 0.2) is 6.07 Å². The minimum atomic E-state index is -0.259. The molecule has 2 aliphatic heterocycles. The van der Waals surface area contributed by atoms with Crippen molar-refractivity contribution < 1.29 is 4.79 Å². The number of piperidine rings is 1. The molecule has 2 N–H and O–H groups in total. The van der Waals surface area contributed by atoms with Crippen LogP contribution in [0.25, 0.3) is 0 Å². The Kier molecular flexibility index (Phi) is 2.86. The minimum Gasteiger partial charge on any atom is -0.354 e. The van der Waals surface area contributed by atoms with Crippen LogP contribution in [0.5, 0.6) is 0 Å². The predicted molar refractivity (Wildman–Crippen MR) is 67.9 cm³/mol. The molecular weight excluding hydrogens is 228 g/mol. The maximum atomic E-state index is 12.2. The van der Waals surface area contributed by atoms with E-state index in [-0.39, 0.29) is 11.4 Å². The second kappa shape index (κ2) is 4.39. The van der Waals surface area contributed by atoms with Gasteiger partial charge in [-0.1, -0.05) is 0 Å². The van der Waals surface area contributed by atoms with Gasteiger partial charge in [-0.05, 0) is 45.2 Å². The molecule has 0 aliphatic carbocycles. The second-order valence-corrected chi connectivity index (χ2v) is 5.46. The lowest BCUT2D eigenvalue weighted by atomic mass is 9.86. The third kappa shape index (κ3) is 1.82. The van der Waals surface area contributed by atoms with Gasteiger partial charge < -0.3 is 5.32 Å². The molecule has 98 valence electrons. The van der Waals surface area contributed by atoms with Crippen LogP contribution in [0.3, 0.4) is 0 Å². The van der Waals surface area contributed by atoms with Crippen LogP contribution in [-0.2, 0) is 11.3 Å². The van der Waals surface area contributed by atoms with Gasteiger partial charge in [-0.25, -0.2) is 0 Å². The van der Waals surface area contributed by atoms with Gasteiger partial charge in [0.05, 0.1) is 5.69 Å². The average molecular weight is 248 g/mol. The van der Waals surface area contributed by atoms with Crippen molar-refractivity contribution in [3.63, 3.8) is 0 Å². The number of aryl methyl sites for hydroxylation is 1. The van der Waals surface area contributed by atoms with E-state index in [1.165, 1.54) is 0 Å². The molecule has 1 spiro atoms. The summed E-state index contributed by atoms with van der Waals surface area (Å²) in [6.07, 6.45) is 4.17. The van der Waals surface area contributed by atoms with Crippen molar-refractivity contribution in [3.8, 4) is 0 Å². The summed E-state index contributed by atoms with van der Waals surface area (Å²) in [5.41, 5.74) is 1.85. The first-order chi connectivity index (χ1) is 8.71. The van der Waals surface area contributed by atoms with E-state index in [4.69, 9.17) is 0 Å². The third-order valence-corrected chi connectivity index (χ3v) is 4.21. The maximum absolute atomic E-state index is 12.2. The van der Waals surface area contributed by atoms with Gasteiger partial charge in [0.2, 0.25) is 5.91 Å². The Hall–Kier alpha value is -1.36. The molecule has 1 unspecified atom stereocenters. The number of aromatic amines is 1. The van der Waals surface area contributed by atoms with E-state index >= 15 is 0 Å². The molecule has 0 aromatic carbocycles. The molecule has 2 fully saturated rings. The monoisotopic (exact) mass is 248 g/mol. The molecule has 1 aromatic heterocycles. The number of carbonyl (C=O) groups excluding carboxylic acids is 1. The number of nitrogens with zero attached hydrogens (tertiary/aromatic N) is 2. The fourth-order valence-corrected chi connectivity index (χ4v) is 3.32. The lowest BCUT2D eigenvalue weighted by Gasteiger charge is -2.39. The van der Waals surface area contributed by atoms with Crippen molar-refractivity contribution in [2.24, 2.45) is 0 Å². The van der Waals surface area contributed by atoms with E-state index in [0.717, 1.165) is 56.7 Å². The summed E-state index contributed by atoms with van der Waals surface area (Å²) >= 11 is 0. The number of aromatic nitrogens is 2. The summed E-state index contributed by atoms with van der Waals surface area (Å²) in [6, 6.07) is 2.06. The SMILES string of the molecule is Cc1cc(CN2CCCC23CCCNC3=O)n[nH]1. The first-order valence-electron chi connectivity index (χ1n) is 6.75. The first kappa shape index (κ1) is 11.7. The van der Waals surface area contributed by atoms with E-state index < -0.39 is 0 Å².